The van der Waals surface area contributed by atoms with Gasteiger partial charge in [0.25, 0.3) is 0 Å². The number of unbranched alkanes of at least 4 members (excludes halogenated alkanes) is 3. The Bertz CT molecular complexity index is 1010. The molecule has 1 fully saturated rings. The third-order valence-corrected chi connectivity index (χ3v) is 6.32. The minimum absolute atomic E-state index is 0.214. The molecule has 1 saturated heterocycles. The van der Waals surface area contributed by atoms with E-state index in [2.05, 4.69) is 10.0 Å². The Morgan fingerprint density at radius 3 is 2.29 bits per heavy atom. The number of hydrogen-bond donors (Lipinski definition) is 3. The number of rotatable bonds is 14. The van der Waals surface area contributed by atoms with E-state index in [1.54, 1.807) is 4.90 Å². The lowest BCUT2D eigenvalue weighted by atomic mass is 9.98. The molecule has 2 aromatic carbocycles. The fourth-order valence-corrected chi connectivity index (χ4v) is 4.19. The second kappa shape index (κ2) is 15.9. The number of benzene rings is 2. The standard InChI is InChI=1S/C27H36N4O7/c28-30-29-23-25(34)24(33)22(18-32)38-26(23)36-16-10-2-1-9-15-31(17-20-11-5-3-6-12-20)27(35)37-19-21-13-7-4-8-14-21/h3-8,11-14,22-26,32-34H,1-2,9-10,15-19H2/t22?,23?,24-,25+,26-/m0/s1. The molecule has 11 heteroatoms. The van der Waals surface area contributed by atoms with Gasteiger partial charge in [0.2, 0.25) is 0 Å². The molecule has 0 radical (unpaired) electrons. The molecular weight excluding hydrogens is 492 g/mol. The quantitative estimate of drug-likeness (QED) is 0.146. The van der Waals surface area contributed by atoms with Gasteiger partial charge in [-0.1, -0.05) is 78.6 Å². The van der Waals surface area contributed by atoms with E-state index < -0.39 is 37.3 Å². The van der Waals surface area contributed by atoms with Crippen molar-refractivity contribution in [3.63, 3.8) is 0 Å². The molecule has 3 N–H and O–H groups in total. The normalized spacial score (nSPS) is 22.9. The summed E-state index contributed by atoms with van der Waals surface area (Å²) in [5, 5.41) is 33.0. The molecule has 0 bridgehead atoms. The van der Waals surface area contributed by atoms with Crippen LogP contribution in [0.4, 0.5) is 4.79 Å². The lowest BCUT2D eigenvalue weighted by Gasteiger charge is -2.40. The van der Waals surface area contributed by atoms with Gasteiger partial charge in [-0.2, -0.15) is 0 Å². The van der Waals surface area contributed by atoms with Gasteiger partial charge in [0.15, 0.2) is 6.29 Å². The highest BCUT2D eigenvalue weighted by Gasteiger charge is 2.44. The van der Waals surface area contributed by atoms with E-state index in [0.29, 0.717) is 19.5 Å². The van der Waals surface area contributed by atoms with Crippen molar-refractivity contribution in [2.24, 2.45) is 5.11 Å². The van der Waals surface area contributed by atoms with Crippen molar-refractivity contribution in [2.45, 2.75) is 69.5 Å². The van der Waals surface area contributed by atoms with Gasteiger partial charge >= 0.3 is 6.09 Å². The van der Waals surface area contributed by atoms with Crippen molar-refractivity contribution in [1.29, 1.82) is 0 Å². The molecule has 38 heavy (non-hydrogen) atoms. The van der Waals surface area contributed by atoms with Crippen molar-refractivity contribution in [3.8, 4) is 0 Å². The van der Waals surface area contributed by atoms with Crippen LogP contribution in [0.2, 0.25) is 0 Å². The number of amides is 1. The average Bonchev–Trinajstić information content (AvgIpc) is 2.95. The van der Waals surface area contributed by atoms with Crippen molar-refractivity contribution >= 4 is 6.09 Å². The monoisotopic (exact) mass is 528 g/mol. The van der Waals surface area contributed by atoms with Gasteiger partial charge in [0.1, 0.15) is 24.9 Å². The summed E-state index contributed by atoms with van der Waals surface area (Å²) in [7, 11) is 0. The number of ether oxygens (including phenoxy) is 3. The van der Waals surface area contributed by atoms with Gasteiger partial charge < -0.3 is 34.4 Å². The van der Waals surface area contributed by atoms with E-state index in [-0.39, 0.29) is 19.3 Å². The first-order valence-corrected chi connectivity index (χ1v) is 12.8. The van der Waals surface area contributed by atoms with Crippen LogP contribution in [-0.2, 0) is 27.4 Å². The molecule has 2 aromatic rings. The summed E-state index contributed by atoms with van der Waals surface area (Å²) in [6.45, 7) is 0.976. The van der Waals surface area contributed by atoms with E-state index in [1.165, 1.54) is 0 Å². The van der Waals surface area contributed by atoms with Crippen LogP contribution in [0, 0.1) is 0 Å². The van der Waals surface area contributed by atoms with Gasteiger partial charge in [0.05, 0.1) is 12.7 Å². The van der Waals surface area contributed by atoms with Crippen LogP contribution in [0.25, 0.3) is 10.4 Å². The number of nitrogens with zero attached hydrogens (tertiary/aromatic N) is 4. The second-order valence-corrected chi connectivity index (χ2v) is 9.13. The highest BCUT2D eigenvalue weighted by molar-refractivity contribution is 5.67. The van der Waals surface area contributed by atoms with Gasteiger partial charge in [-0.25, -0.2) is 4.79 Å². The summed E-state index contributed by atoms with van der Waals surface area (Å²) < 4.78 is 16.7. The summed E-state index contributed by atoms with van der Waals surface area (Å²) in [5.41, 5.74) is 10.7. The van der Waals surface area contributed by atoms with Crippen molar-refractivity contribution in [1.82, 2.24) is 4.90 Å². The average molecular weight is 529 g/mol. The Kier molecular flexibility index (Phi) is 12.3. The summed E-state index contributed by atoms with van der Waals surface area (Å²) in [5.74, 6) is 0. The van der Waals surface area contributed by atoms with Crippen LogP contribution < -0.4 is 0 Å². The molecular formula is C27H36N4O7. The second-order valence-electron chi connectivity index (χ2n) is 9.13. The fraction of sp³-hybridized carbons (Fsp3) is 0.519. The SMILES string of the molecule is [N-]=[N+]=NC1[C@@H](OCCCCCCN(Cc2ccccc2)C(=O)OCc2ccccc2)OC(CO)[C@H](O)[C@@H]1O. The zero-order valence-corrected chi connectivity index (χ0v) is 21.3. The molecule has 3 rings (SSSR count). The van der Waals surface area contributed by atoms with Crippen molar-refractivity contribution < 1.29 is 34.3 Å². The topological polar surface area (TPSA) is 157 Å². The lowest BCUT2D eigenvalue weighted by molar-refractivity contribution is -0.265. The lowest BCUT2D eigenvalue weighted by Crippen LogP contribution is -2.58. The molecule has 1 aliphatic rings. The first-order valence-electron chi connectivity index (χ1n) is 12.8. The number of hydrogen-bond acceptors (Lipinski definition) is 8. The van der Waals surface area contributed by atoms with Gasteiger partial charge in [-0.3, -0.25) is 0 Å². The Morgan fingerprint density at radius 1 is 0.974 bits per heavy atom. The minimum Gasteiger partial charge on any atom is -0.445 e. The maximum Gasteiger partial charge on any atom is 0.410 e. The van der Waals surface area contributed by atoms with Crippen LogP contribution in [-0.4, -0.2) is 76.7 Å². The van der Waals surface area contributed by atoms with Gasteiger partial charge in [0, 0.05) is 24.6 Å². The molecule has 1 heterocycles. The number of carbonyl (C=O) groups excluding carboxylic acids is 1. The zero-order chi connectivity index (χ0) is 27.2. The molecule has 0 spiro atoms. The molecule has 0 aliphatic carbocycles. The molecule has 0 saturated carbocycles. The molecule has 206 valence electrons. The molecule has 5 atom stereocenters. The molecule has 11 nitrogen and oxygen atoms in total. The zero-order valence-electron chi connectivity index (χ0n) is 21.3. The van der Waals surface area contributed by atoms with Crippen LogP contribution in [0.15, 0.2) is 65.8 Å². The summed E-state index contributed by atoms with van der Waals surface area (Å²) in [6, 6.07) is 18.2. The van der Waals surface area contributed by atoms with Crippen LogP contribution in [0.1, 0.15) is 36.8 Å². The number of azide groups is 1. The predicted octanol–water partition coefficient (Wildman–Crippen LogP) is 3.52. The van der Waals surface area contributed by atoms with Crippen LogP contribution in [0.5, 0.6) is 0 Å². The highest BCUT2D eigenvalue weighted by Crippen LogP contribution is 2.25. The summed E-state index contributed by atoms with van der Waals surface area (Å²) in [4.78, 5) is 17.2. The molecule has 2 unspecified atom stereocenters. The Morgan fingerprint density at radius 2 is 1.63 bits per heavy atom. The Hall–Kier alpha value is -3.18. The fourth-order valence-electron chi connectivity index (χ4n) is 4.19. The van der Waals surface area contributed by atoms with Crippen molar-refractivity contribution in [3.05, 3.63) is 82.2 Å². The number of carbonyl (C=O) groups is 1. The third-order valence-electron chi connectivity index (χ3n) is 6.32. The van der Waals surface area contributed by atoms with E-state index in [1.807, 2.05) is 60.7 Å². The Balaban J connectivity index is 1.42. The van der Waals surface area contributed by atoms with E-state index in [4.69, 9.17) is 19.7 Å². The number of aliphatic hydroxyl groups excluding tert-OH is 3. The Labute approximate surface area is 222 Å². The highest BCUT2D eigenvalue weighted by atomic mass is 16.7. The first kappa shape index (κ1) is 29.4. The largest absolute Gasteiger partial charge is 0.445 e. The van der Waals surface area contributed by atoms with E-state index in [9.17, 15) is 20.1 Å². The van der Waals surface area contributed by atoms with Crippen LogP contribution >= 0.6 is 0 Å². The van der Waals surface area contributed by atoms with Crippen molar-refractivity contribution in [2.75, 3.05) is 19.8 Å². The number of aliphatic hydroxyl groups is 3. The van der Waals surface area contributed by atoms with Crippen LogP contribution in [0.3, 0.4) is 0 Å². The maximum absolute atomic E-state index is 12.8. The summed E-state index contributed by atoms with van der Waals surface area (Å²) in [6.07, 6.45) is -2.15. The first-order chi connectivity index (χ1) is 18.5. The smallest absolute Gasteiger partial charge is 0.410 e. The minimum atomic E-state index is -1.40. The van der Waals surface area contributed by atoms with Gasteiger partial charge in [-0.05, 0) is 29.5 Å². The van der Waals surface area contributed by atoms with E-state index in [0.717, 1.165) is 30.4 Å². The molecule has 1 aliphatic heterocycles. The van der Waals surface area contributed by atoms with E-state index >= 15 is 0 Å². The third kappa shape index (κ3) is 8.98. The maximum atomic E-state index is 12.8. The predicted molar refractivity (Wildman–Crippen MR) is 139 cm³/mol. The van der Waals surface area contributed by atoms with Gasteiger partial charge in [-0.15, -0.1) is 0 Å². The molecule has 0 aromatic heterocycles. The summed E-state index contributed by atoms with van der Waals surface area (Å²) >= 11 is 0. The molecule has 1 amide bonds.